The normalized spacial score (nSPS) is 20.8. The van der Waals surface area contributed by atoms with E-state index in [4.69, 9.17) is 8.92 Å². The molecule has 1 aliphatic rings. The zero-order valence-electron chi connectivity index (χ0n) is 15.2. The number of rotatable bonds is 6. The van der Waals surface area contributed by atoms with Gasteiger partial charge in [-0.3, -0.25) is 8.98 Å². The molecule has 7 nitrogen and oxygen atoms in total. The predicted molar refractivity (Wildman–Crippen MR) is 95.9 cm³/mol. The van der Waals surface area contributed by atoms with E-state index in [9.17, 15) is 18.0 Å². The highest BCUT2D eigenvalue weighted by Crippen LogP contribution is 2.25. The van der Waals surface area contributed by atoms with Crippen LogP contribution in [0, 0.1) is 5.41 Å². The lowest BCUT2D eigenvalue weighted by atomic mass is 9.99. The van der Waals surface area contributed by atoms with Gasteiger partial charge in [0.2, 0.25) is 0 Å². The molecule has 0 aliphatic heterocycles. The second-order valence-corrected chi connectivity index (χ2v) is 9.40. The van der Waals surface area contributed by atoms with Gasteiger partial charge in [0.05, 0.1) is 6.61 Å². The molecule has 1 fully saturated rings. The predicted octanol–water partition coefficient (Wildman–Crippen LogP) is 2.41. The third kappa shape index (κ3) is 6.10. The van der Waals surface area contributed by atoms with Crippen LogP contribution >= 0.6 is 0 Å². The molecule has 8 heteroatoms. The number of hydrogen-bond acceptors (Lipinski definition) is 6. The van der Waals surface area contributed by atoms with Gasteiger partial charge in [-0.2, -0.15) is 8.42 Å². The Bertz CT molecular complexity index is 739. The molecule has 1 aromatic rings. The number of amides is 1. The maximum Gasteiger partial charge on any atom is 0.407 e. The van der Waals surface area contributed by atoms with Gasteiger partial charge in [-0.25, -0.2) is 4.79 Å². The summed E-state index contributed by atoms with van der Waals surface area (Å²) in [6.45, 7) is 5.62. The molecule has 26 heavy (non-hydrogen) atoms. The lowest BCUT2D eigenvalue weighted by Crippen LogP contribution is -2.35. The summed E-state index contributed by atoms with van der Waals surface area (Å²) < 4.78 is 34.6. The van der Waals surface area contributed by atoms with Gasteiger partial charge in [-0.05, 0) is 17.4 Å². The van der Waals surface area contributed by atoms with Gasteiger partial charge in [0, 0.05) is 12.5 Å². The van der Waals surface area contributed by atoms with Crippen LogP contribution in [-0.2, 0) is 30.4 Å². The quantitative estimate of drug-likeness (QED) is 0.758. The molecule has 0 saturated heterocycles. The summed E-state index contributed by atoms with van der Waals surface area (Å²) >= 11 is 0. The maximum atomic E-state index is 12.2. The van der Waals surface area contributed by atoms with Gasteiger partial charge in [-0.1, -0.05) is 51.1 Å². The first-order valence-electron chi connectivity index (χ1n) is 8.45. The number of hydrogen-bond donors (Lipinski definition) is 1. The third-order valence-corrected chi connectivity index (χ3v) is 5.44. The maximum absolute atomic E-state index is 12.2. The zero-order valence-corrected chi connectivity index (χ0v) is 16.0. The van der Waals surface area contributed by atoms with E-state index in [0.29, 0.717) is 0 Å². The van der Waals surface area contributed by atoms with E-state index in [1.54, 1.807) is 0 Å². The molecule has 0 spiro atoms. The molecule has 2 rings (SSSR count). The molecule has 1 aromatic carbocycles. The largest absolute Gasteiger partial charge is 0.445 e. The Kier molecular flexibility index (Phi) is 6.41. The summed E-state index contributed by atoms with van der Waals surface area (Å²) in [6, 6.07) is 8.58. The van der Waals surface area contributed by atoms with E-state index >= 15 is 0 Å². The smallest absolute Gasteiger partial charge is 0.407 e. The summed E-state index contributed by atoms with van der Waals surface area (Å²) in [5, 5.41) is 1.31. The highest BCUT2D eigenvalue weighted by molar-refractivity contribution is 7.88. The van der Waals surface area contributed by atoms with E-state index in [0.717, 1.165) is 5.56 Å². The van der Waals surface area contributed by atoms with Crippen molar-refractivity contribution in [2.45, 2.75) is 51.5 Å². The Balaban J connectivity index is 1.85. The van der Waals surface area contributed by atoms with Gasteiger partial charge >= 0.3 is 6.09 Å². The second-order valence-electron chi connectivity index (χ2n) is 7.61. The number of carbonyl (C=O) groups is 2. The summed E-state index contributed by atoms with van der Waals surface area (Å²) in [6.07, 6.45) is -0.741. The average Bonchev–Trinajstić information content (AvgIpc) is 2.93. The minimum atomic E-state index is -4.01. The molecule has 1 saturated carbocycles. The Labute approximate surface area is 154 Å². The van der Waals surface area contributed by atoms with Crippen molar-refractivity contribution in [1.82, 2.24) is 5.32 Å². The van der Waals surface area contributed by atoms with Crippen LogP contribution in [-0.4, -0.2) is 38.2 Å². The number of alkyl carbamates (subject to hydrolysis) is 1. The van der Waals surface area contributed by atoms with Crippen molar-refractivity contribution < 1.29 is 26.9 Å². The van der Waals surface area contributed by atoms with Crippen molar-refractivity contribution in [1.29, 1.82) is 0 Å². The summed E-state index contributed by atoms with van der Waals surface area (Å²) in [4.78, 5) is 23.9. The van der Waals surface area contributed by atoms with Crippen LogP contribution in [0.3, 0.4) is 0 Å². The number of ketones is 1. The zero-order chi connectivity index (χ0) is 19.4. The van der Waals surface area contributed by atoms with Crippen LogP contribution < -0.4 is 5.32 Å². The molecular formula is C18H25NO6S. The number of carbonyl (C=O) groups excluding carboxylic acids is 2. The van der Waals surface area contributed by atoms with Crippen LogP contribution in [0.15, 0.2) is 30.3 Å². The molecule has 2 unspecified atom stereocenters. The second kappa shape index (κ2) is 8.18. The Hall–Kier alpha value is -1.93. The van der Waals surface area contributed by atoms with Gasteiger partial charge < -0.3 is 10.1 Å². The van der Waals surface area contributed by atoms with Gasteiger partial charge in [-0.15, -0.1) is 0 Å². The molecule has 0 aromatic heterocycles. The summed E-state index contributed by atoms with van der Waals surface area (Å²) in [5.74, 6) is -0.452. The fourth-order valence-corrected chi connectivity index (χ4v) is 4.08. The molecule has 0 heterocycles. The Morgan fingerprint density at radius 1 is 1.23 bits per heavy atom. The minimum absolute atomic E-state index is 0.00364. The molecule has 0 radical (unpaired) electrons. The summed E-state index contributed by atoms with van der Waals surface area (Å²) in [5.41, 5.74) is 0.495. The van der Waals surface area contributed by atoms with Crippen LogP contribution in [0.25, 0.3) is 0 Å². The molecular weight excluding hydrogens is 358 g/mol. The molecule has 2 atom stereocenters. The SMILES string of the molecule is CC(C)(C)COS(=O)(=O)C1CC(NC(=O)OCc2ccccc2)CC1=O. The van der Waals surface area contributed by atoms with Crippen molar-refractivity contribution >= 4 is 22.0 Å². The number of ether oxygens (including phenoxy) is 1. The third-order valence-electron chi connectivity index (χ3n) is 3.84. The van der Waals surface area contributed by atoms with E-state index in [1.807, 2.05) is 51.1 Å². The number of nitrogens with one attached hydrogen (secondary N) is 1. The summed E-state index contributed by atoms with van der Waals surface area (Å²) in [7, 11) is -4.01. The lowest BCUT2D eigenvalue weighted by molar-refractivity contribution is -0.117. The highest BCUT2D eigenvalue weighted by atomic mass is 32.2. The van der Waals surface area contributed by atoms with E-state index in [1.165, 1.54) is 0 Å². The van der Waals surface area contributed by atoms with E-state index < -0.39 is 33.3 Å². The van der Waals surface area contributed by atoms with Crippen molar-refractivity contribution in [3.05, 3.63) is 35.9 Å². The first kappa shape index (κ1) is 20.4. The van der Waals surface area contributed by atoms with E-state index in [-0.39, 0.29) is 31.5 Å². The Morgan fingerprint density at radius 2 is 1.88 bits per heavy atom. The molecule has 0 bridgehead atoms. The Morgan fingerprint density at radius 3 is 2.50 bits per heavy atom. The first-order valence-corrected chi connectivity index (χ1v) is 9.92. The van der Waals surface area contributed by atoms with Crippen LogP contribution in [0.1, 0.15) is 39.2 Å². The monoisotopic (exact) mass is 383 g/mol. The van der Waals surface area contributed by atoms with Gasteiger partial charge in [0.15, 0.2) is 5.78 Å². The first-order chi connectivity index (χ1) is 12.1. The number of benzene rings is 1. The highest BCUT2D eigenvalue weighted by Gasteiger charge is 2.43. The van der Waals surface area contributed by atoms with Crippen molar-refractivity contribution in [2.24, 2.45) is 5.41 Å². The molecule has 1 aliphatic carbocycles. The lowest BCUT2D eigenvalue weighted by Gasteiger charge is -2.19. The van der Waals surface area contributed by atoms with Crippen molar-refractivity contribution in [3.8, 4) is 0 Å². The van der Waals surface area contributed by atoms with Crippen molar-refractivity contribution in [2.75, 3.05) is 6.61 Å². The fourth-order valence-electron chi connectivity index (χ4n) is 2.51. The number of Topliss-reactive ketones (excluding diaryl/α,β-unsaturated/α-hetero) is 1. The fraction of sp³-hybridized carbons (Fsp3) is 0.556. The van der Waals surface area contributed by atoms with Crippen molar-refractivity contribution in [3.63, 3.8) is 0 Å². The van der Waals surface area contributed by atoms with Crippen LogP contribution in [0.4, 0.5) is 4.79 Å². The van der Waals surface area contributed by atoms with Crippen LogP contribution in [0.5, 0.6) is 0 Å². The van der Waals surface area contributed by atoms with Gasteiger partial charge in [0.1, 0.15) is 11.9 Å². The van der Waals surface area contributed by atoms with Gasteiger partial charge in [0.25, 0.3) is 10.1 Å². The molecule has 1 amide bonds. The molecule has 1 N–H and O–H groups in total. The van der Waals surface area contributed by atoms with E-state index in [2.05, 4.69) is 5.32 Å². The minimum Gasteiger partial charge on any atom is -0.445 e. The standard InChI is InChI=1S/C18H25NO6S/c1-18(2,3)12-25-26(22,23)16-10-14(9-15(16)20)19-17(21)24-11-13-7-5-4-6-8-13/h4-8,14,16H,9-12H2,1-3H3,(H,19,21). The topological polar surface area (TPSA) is 98.8 Å². The van der Waals surface area contributed by atoms with Crippen LogP contribution in [0.2, 0.25) is 0 Å². The molecule has 144 valence electrons. The average molecular weight is 383 g/mol.